The summed E-state index contributed by atoms with van der Waals surface area (Å²) in [7, 11) is 2.04. The van der Waals surface area contributed by atoms with E-state index in [1.165, 1.54) is 11.1 Å². The van der Waals surface area contributed by atoms with Crippen LogP contribution in [0.2, 0.25) is 0 Å². The topological polar surface area (TPSA) is 41.9 Å². The predicted molar refractivity (Wildman–Crippen MR) is 90.6 cm³/mol. The molecule has 4 nitrogen and oxygen atoms in total. The summed E-state index contributed by atoms with van der Waals surface area (Å²) in [5, 5.41) is 10.3. The number of aryl methyl sites for hydroxylation is 1. The van der Waals surface area contributed by atoms with Gasteiger partial charge >= 0.3 is 0 Å². The standard InChI is InChI=1S/C19H29NO3/c1-20(13-17-8-5-11-22-17)12-16(21)14-23-19-10-4-7-15-6-2-3-9-18(15)19/h2-3,6,9,16-17,19,21H,4-5,7-8,10-14H2,1H3. The van der Waals surface area contributed by atoms with Gasteiger partial charge in [-0.05, 0) is 50.3 Å². The Balaban J connectivity index is 1.43. The van der Waals surface area contributed by atoms with Crippen LogP contribution >= 0.6 is 0 Å². The first kappa shape index (κ1) is 16.9. The molecule has 1 heterocycles. The molecular formula is C19H29NO3. The minimum absolute atomic E-state index is 0.137. The minimum Gasteiger partial charge on any atom is -0.389 e. The molecular weight excluding hydrogens is 290 g/mol. The van der Waals surface area contributed by atoms with Crippen LogP contribution in [0.15, 0.2) is 24.3 Å². The van der Waals surface area contributed by atoms with Crippen molar-refractivity contribution in [3.05, 3.63) is 35.4 Å². The van der Waals surface area contributed by atoms with Gasteiger partial charge in [0, 0.05) is 19.7 Å². The number of hydrogen-bond acceptors (Lipinski definition) is 4. The third-order valence-corrected chi connectivity index (χ3v) is 4.87. The largest absolute Gasteiger partial charge is 0.389 e. The summed E-state index contributed by atoms with van der Waals surface area (Å²) in [6.07, 6.45) is 5.67. The SMILES string of the molecule is CN(CC(O)COC1CCCc2ccccc21)CC1CCCO1. The second kappa shape index (κ2) is 8.25. The second-order valence-corrected chi connectivity index (χ2v) is 6.92. The van der Waals surface area contributed by atoms with Gasteiger partial charge in [-0.3, -0.25) is 0 Å². The number of aliphatic hydroxyl groups excluding tert-OH is 1. The molecule has 0 radical (unpaired) electrons. The highest BCUT2D eigenvalue weighted by atomic mass is 16.5. The normalized spacial score (nSPS) is 25.5. The molecule has 128 valence electrons. The molecule has 1 fully saturated rings. The van der Waals surface area contributed by atoms with Crippen LogP contribution in [-0.4, -0.2) is 55.6 Å². The molecule has 1 aromatic rings. The van der Waals surface area contributed by atoms with Crippen molar-refractivity contribution < 1.29 is 14.6 Å². The summed E-state index contributed by atoms with van der Waals surface area (Å²) in [6.45, 7) is 2.80. The van der Waals surface area contributed by atoms with Crippen LogP contribution in [0.4, 0.5) is 0 Å². The molecule has 1 aliphatic heterocycles. The quantitative estimate of drug-likeness (QED) is 0.839. The lowest BCUT2D eigenvalue weighted by atomic mass is 9.89. The van der Waals surface area contributed by atoms with Crippen LogP contribution in [0.5, 0.6) is 0 Å². The summed E-state index contributed by atoms with van der Waals surface area (Å²) < 4.78 is 11.7. The van der Waals surface area contributed by atoms with Crippen LogP contribution in [-0.2, 0) is 15.9 Å². The fraction of sp³-hybridized carbons (Fsp3) is 0.684. The molecule has 2 aliphatic rings. The van der Waals surface area contributed by atoms with Gasteiger partial charge in [-0.1, -0.05) is 24.3 Å². The molecule has 0 saturated carbocycles. The summed E-state index contributed by atoms with van der Waals surface area (Å²) in [5.41, 5.74) is 2.70. The summed E-state index contributed by atoms with van der Waals surface area (Å²) in [4.78, 5) is 2.15. The highest BCUT2D eigenvalue weighted by molar-refractivity contribution is 5.31. The molecule has 0 aromatic heterocycles. The fourth-order valence-corrected chi connectivity index (χ4v) is 3.73. The Morgan fingerprint density at radius 2 is 2.17 bits per heavy atom. The fourth-order valence-electron chi connectivity index (χ4n) is 3.73. The van der Waals surface area contributed by atoms with E-state index in [4.69, 9.17) is 9.47 Å². The Bertz CT molecular complexity index is 487. The second-order valence-electron chi connectivity index (χ2n) is 6.92. The van der Waals surface area contributed by atoms with E-state index in [0.717, 1.165) is 45.3 Å². The summed E-state index contributed by atoms with van der Waals surface area (Å²) in [5.74, 6) is 0. The van der Waals surface area contributed by atoms with Gasteiger partial charge in [0.25, 0.3) is 0 Å². The van der Waals surface area contributed by atoms with Gasteiger partial charge in [0.1, 0.15) is 0 Å². The zero-order valence-corrected chi connectivity index (χ0v) is 14.1. The zero-order valence-electron chi connectivity index (χ0n) is 14.1. The smallest absolute Gasteiger partial charge is 0.0900 e. The van der Waals surface area contributed by atoms with Crippen molar-refractivity contribution in [1.29, 1.82) is 0 Å². The van der Waals surface area contributed by atoms with Gasteiger partial charge < -0.3 is 19.5 Å². The van der Waals surface area contributed by atoms with Crippen molar-refractivity contribution in [2.45, 2.75) is 50.4 Å². The van der Waals surface area contributed by atoms with E-state index in [0.29, 0.717) is 19.3 Å². The van der Waals surface area contributed by atoms with Crippen LogP contribution in [0.1, 0.15) is 42.9 Å². The molecule has 4 heteroatoms. The lowest BCUT2D eigenvalue weighted by molar-refractivity contribution is -0.0297. The Morgan fingerprint density at radius 3 is 3.00 bits per heavy atom. The Morgan fingerprint density at radius 1 is 1.30 bits per heavy atom. The van der Waals surface area contributed by atoms with Gasteiger partial charge in [0.2, 0.25) is 0 Å². The zero-order chi connectivity index (χ0) is 16.1. The maximum atomic E-state index is 10.3. The minimum atomic E-state index is -0.449. The first-order valence-corrected chi connectivity index (χ1v) is 8.90. The van der Waals surface area contributed by atoms with Gasteiger partial charge in [0.15, 0.2) is 0 Å². The van der Waals surface area contributed by atoms with E-state index in [2.05, 4.69) is 29.2 Å². The molecule has 3 rings (SSSR count). The Labute approximate surface area is 139 Å². The van der Waals surface area contributed by atoms with Crippen LogP contribution in [0.25, 0.3) is 0 Å². The van der Waals surface area contributed by atoms with Crippen molar-refractivity contribution in [2.75, 3.05) is 33.4 Å². The number of hydrogen-bond donors (Lipinski definition) is 1. The van der Waals surface area contributed by atoms with E-state index in [1.807, 2.05) is 7.05 Å². The Hall–Kier alpha value is -0.940. The van der Waals surface area contributed by atoms with Crippen molar-refractivity contribution in [1.82, 2.24) is 4.90 Å². The third kappa shape index (κ3) is 4.77. The molecule has 1 aliphatic carbocycles. The van der Waals surface area contributed by atoms with E-state index >= 15 is 0 Å². The van der Waals surface area contributed by atoms with E-state index in [-0.39, 0.29) is 6.10 Å². The Kier molecular flexibility index (Phi) is 6.06. The molecule has 1 saturated heterocycles. The summed E-state index contributed by atoms with van der Waals surface area (Å²) >= 11 is 0. The average molecular weight is 319 g/mol. The number of rotatable bonds is 7. The van der Waals surface area contributed by atoms with Crippen molar-refractivity contribution in [2.24, 2.45) is 0 Å². The lowest BCUT2D eigenvalue weighted by Gasteiger charge is -2.28. The lowest BCUT2D eigenvalue weighted by Crippen LogP contribution is -2.37. The maximum Gasteiger partial charge on any atom is 0.0900 e. The predicted octanol–water partition coefficient (Wildman–Crippen LogP) is 2.55. The molecule has 3 atom stereocenters. The van der Waals surface area contributed by atoms with Gasteiger partial charge in [-0.25, -0.2) is 0 Å². The number of benzene rings is 1. The van der Waals surface area contributed by atoms with Crippen molar-refractivity contribution >= 4 is 0 Å². The number of likely N-dealkylation sites (N-methyl/N-ethyl adjacent to an activating group) is 1. The molecule has 1 aromatic carbocycles. The highest BCUT2D eigenvalue weighted by Crippen LogP contribution is 2.32. The molecule has 3 unspecified atom stereocenters. The average Bonchev–Trinajstić information content (AvgIpc) is 3.05. The van der Waals surface area contributed by atoms with Crippen LogP contribution in [0, 0.1) is 0 Å². The van der Waals surface area contributed by atoms with Gasteiger partial charge in [0.05, 0.1) is 24.9 Å². The summed E-state index contributed by atoms with van der Waals surface area (Å²) in [6, 6.07) is 8.52. The monoisotopic (exact) mass is 319 g/mol. The van der Waals surface area contributed by atoms with Crippen molar-refractivity contribution in [3.63, 3.8) is 0 Å². The van der Waals surface area contributed by atoms with Gasteiger partial charge in [-0.15, -0.1) is 0 Å². The first-order chi connectivity index (χ1) is 11.2. The molecule has 0 spiro atoms. The molecule has 0 bridgehead atoms. The van der Waals surface area contributed by atoms with Gasteiger partial charge in [-0.2, -0.15) is 0 Å². The van der Waals surface area contributed by atoms with Crippen molar-refractivity contribution in [3.8, 4) is 0 Å². The number of fused-ring (bicyclic) bond motifs is 1. The molecule has 1 N–H and O–H groups in total. The number of nitrogens with zero attached hydrogens (tertiary/aromatic N) is 1. The van der Waals surface area contributed by atoms with Crippen LogP contribution < -0.4 is 0 Å². The first-order valence-electron chi connectivity index (χ1n) is 8.90. The van der Waals surface area contributed by atoms with E-state index in [1.54, 1.807) is 0 Å². The number of ether oxygens (including phenoxy) is 2. The third-order valence-electron chi connectivity index (χ3n) is 4.87. The van der Waals surface area contributed by atoms with E-state index in [9.17, 15) is 5.11 Å². The molecule has 23 heavy (non-hydrogen) atoms. The number of aliphatic hydroxyl groups is 1. The van der Waals surface area contributed by atoms with Crippen LogP contribution in [0.3, 0.4) is 0 Å². The maximum absolute atomic E-state index is 10.3. The van der Waals surface area contributed by atoms with E-state index < -0.39 is 6.10 Å². The highest BCUT2D eigenvalue weighted by Gasteiger charge is 2.22. The molecule has 0 amide bonds.